The normalized spacial score (nSPS) is 25.2. The molecule has 1 aromatic heterocycles. The monoisotopic (exact) mass is 321 g/mol. The van der Waals surface area contributed by atoms with Gasteiger partial charge < -0.3 is 9.63 Å². The fraction of sp³-hybridized carbons (Fsp3) is 0.500. The van der Waals surface area contributed by atoms with E-state index >= 15 is 0 Å². The number of hydrogen-bond acceptors (Lipinski definition) is 5. The number of rotatable bonds is 4. The Balaban J connectivity index is 1.56. The molecule has 0 spiro atoms. The zero-order valence-corrected chi connectivity index (χ0v) is 12.5. The number of aliphatic hydroxyl groups excluding tert-OH is 1. The van der Waals surface area contributed by atoms with Gasteiger partial charge in [-0.15, -0.1) is 0 Å². The fourth-order valence-corrected chi connectivity index (χ4v) is 3.16. The first-order valence-electron chi connectivity index (χ1n) is 7.79. The van der Waals surface area contributed by atoms with Crippen molar-refractivity contribution in [2.24, 2.45) is 0 Å². The highest BCUT2D eigenvalue weighted by Gasteiger charge is 2.35. The van der Waals surface area contributed by atoms with Gasteiger partial charge in [0, 0.05) is 24.1 Å². The summed E-state index contributed by atoms with van der Waals surface area (Å²) in [7, 11) is 0. The van der Waals surface area contributed by atoms with E-state index in [0.29, 0.717) is 37.1 Å². The topological polar surface area (TPSA) is 62.4 Å². The third kappa shape index (κ3) is 2.98. The third-order valence-electron chi connectivity index (χ3n) is 4.45. The fourth-order valence-electron chi connectivity index (χ4n) is 3.16. The first-order valence-corrected chi connectivity index (χ1v) is 7.79. The van der Waals surface area contributed by atoms with Crippen LogP contribution in [0.4, 0.5) is 8.78 Å². The molecular formula is C16H17F2N3O2. The highest BCUT2D eigenvalue weighted by molar-refractivity contribution is 5.24. The van der Waals surface area contributed by atoms with Crippen molar-refractivity contribution in [3.8, 4) is 0 Å². The van der Waals surface area contributed by atoms with Gasteiger partial charge in [-0.1, -0.05) is 5.16 Å². The smallest absolute Gasteiger partial charge is 0.229 e. The molecule has 2 fully saturated rings. The van der Waals surface area contributed by atoms with Crippen molar-refractivity contribution in [1.82, 2.24) is 15.0 Å². The standard InChI is InChI=1S/C16H17F2N3O2/c17-10-3-4-13(18)12(5-10)14-6-11(22)7-21(14)8-15-19-16(23-20-15)9-1-2-9/h3-5,9,11,14,22H,1-2,6-8H2. The highest BCUT2D eigenvalue weighted by atomic mass is 19.1. The van der Waals surface area contributed by atoms with Crippen molar-refractivity contribution in [2.75, 3.05) is 6.54 Å². The summed E-state index contributed by atoms with van der Waals surface area (Å²) in [5.41, 5.74) is 0.257. The molecule has 0 radical (unpaired) electrons. The molecule has 2 heterocycles. The van der Waals surface area contributed by atoms with Gasteiger partial charge in [0.25, 0.3) is 0 Å². The van der Waals surface area contributed by atoms with Crippen LogP contribution in [0.5, 0.6) is 0 Å². The Kier molecular flexibility index (Phi) is 3.61. The second kappa shape index (κ2) is 5.65. The Morgan fingerprint density at radius 2 is 2.13 bits per heavy atom. The average molecular weight is 321 g/mol. The van der Waals surface area contributed by atoms with Crippen LogP contribution in [0.2, 0.25) is 0 Å². The molecule has 5 nitrogen and oxygen atoms in total. The van der Waals surface area contributed by atoms with E-state index in [1.165, 1.54) is 6.07 Å². The van der Waals surface area contributed by atoms with Crippen LogP contribution >= 0.6 is 0 Å². The lowest BCUT2D eigenvalue weighted by Crippen LogP contribution is -2.25. The molecule has 0 bridgehead atoms. The molecule has 1 N–H and O–H groups in total. The molecular weight excluding hydrogens is 304 g/mol. The molecule has 23 heavy (non-hydrogen) atoms. The Labute approximate surface area is 131 Å². The summed E-state index contributed by atoms with van der Waals surface area (Å²) in [6.45, 7) is 0.710. The van der Waals surface area contributed by atoms with Crippen molar-refractivity contribution in [2.45, 2.75) is 43.9 Å². The summed E-state index contributed by atoms with van der Waals surface area (Å²) in [5, 5.41) is 13.9. The number of β-amino-alcohol motifs (C(OH)–C–C–N with tert-alkyl or cyclic N) is 1. The molecule has 1 aromatic carbocycles. The van der Waals surface area contributed by atoms with Gasteiger partial charge in [0.15, 0.2) is 5.82 Å². The minimum absolute atomic E-state index is 0.257. The first kappa shape index (κ1) is 14.7. The molecule has 1 saturated carbocycles. The number of halogens is 2. The number of nitrogens with zero attached hydrogens (tertiary/aromatic N) is 3. The van der Waals surface area contributed by atoms with Crippen LogP contribution in [0.3, 0.4) is 0 Å². The van der Waals surface area contributed by atoms with Crippen LogP contribution in [0.25, 0.3) is 0 Å². The SMILES string of the molecule is OC1CC(c2cc(F)ccc2F)N(Cc2noc(C3CC3)n2)C1. The largest absolute Gasteiger partial charge is 0.392 e. The Hall–Kier alpha value is -1.86. The maximum atomic E-state index is 14.1. The molecule has 1 aliphatic carbocycles. The van der Waals surface area contributed by atoms with Crippen LogP contribution < -0.4 is 0 Å². The van der Waals surface area contributed by atoms with Crippen LogP contribution in [0.1, 0.15) is 48.5 Å². The van der Waals surface area contributed by atoms with E-state index in [4.69, 9.17) is 4.52 Å². The van der Waals surface area contributed by atoms with Gasteiger partial charge >= 0.3 is 0 Å². The summed E-state index contributed by atoms with van der Waals surface area (Å²) in [6, 6.07) is 3.00. The molecule has 122 valence electrons. The summed E-state index contributed by atoms with van der Waals surface area (Å²) in [5.74, 6) is 0.577. The van der Waals surface area contributed by atoms with Crippen molar-refractivity contribution < 1.29 is 18.4 Å². The van der Waals surface area contributed by atoms with Gasteiger partial charge in [0.2, 0.25) is 5.89 Å². The quantitative estimate of drug-likeness (QED) is 0.937. The molecule has 2 unspecified atom stereocenters. The molecule has 2 aromatic rings. The van der Waals surface area contributed by atoms with Crippen LogP contribution in [0.15, 0.2) is 22.7 Å². The lowest BCUT2D eigenvalue weighted by molar-refractivity contribution is 0.170. The van der Waals surface area contributed by atoms with E-state index in [2.05, 4.69) is 10.1 Å². The summed E-state index contributed by atoms with van der Waals surface area (Å²) in [4.78, 5) is 6.23. The summed E-state index contributed by atoms with van der Waals surface area (Å²) < 4.78 is 32.7. The molecule has 4 rings (SSSR count). The second-order valence-electron chi connectivity index (χ2n) is 6.32. The second-order valence-corrected chi connectivity index (χ2v) is 6.32. The molecule has 7 heteroatoms. The number of hydrogen-bond donors (Lipinski definition) is 1. The lowest BCUT2D eigenvalue weighted by Gasteiger charge is -2.23. The lowest BCUT2D eigenvalue weighted by atomic mass is 10.0. The number of aliphatic hydroxyl groups is 1. The molecule has 2 atom stereocenters. The predicted octanol–water partition coefficient (Wildman–Crippen LogP) is 2.53. The maximum Gasteiger partial charge on any atom is 0.229 e. The van der Waals surface area contributed by atoms with Gasteiger partial charge in [-0.2, -0.15) is 4.98 Å². The van der Waals surface area contributed by atoms with E-state index in [9.17, 15) is 13.9 Å². The molecule has 2 aliphatic rings. The number of benzene rings is 1. The van der Waals surface area contributed by atoms with Crippen LogP contribution in [-0.2, 0) is 6.54 Å². The zero-order chi connectivity index (χ0) is 16.0. The van der Waals surface area contributed by atoms with Crippen LogP contribution in [-0.4, -0.2) is 32.8 Å². The van der Waals surface area contributed by atoms with Gasteiger partial charge in [0.05, 0.1) is 12.6 Å². The van der Waals surface area contributed by atoms with E-state index in [1.54, 1.807) is 0 Å². The van der Waals surface area contributed by atoms with Crippen molar-refractivity contribution in [3.63, 3.8) is 0 Å². The van der Waals surface area contributed by atoms with E-state index in [0.717, 1.165) is 25.0 Å². The number of aromatic nitrogens is 2. The third-order valence-corrected chi connectivity index (χ3v) is 4.45. The van der Waals surface area contributed by atoms with E-state index in [1.807, 2.05) is 4.90 Å². The minimum Gasteiger partial charge on any atom is -0.392 e. The number of likely N-dealkylation sites (tertiary alicyclic amines) is 1. The molecule has 1 aliphatic heterocycles. The highest BCUT2D eigenvalue weighted by Crippen LogP contribution is 2.39. The van der Waals surface area contributed by atoms with Gasteiger partial charge in [-0.25, -0.2) is 8.78 Å². The predicted molar refractivity (Wildman–Crippen MR) is 76.4 cm³/mol. The van der Waals surface area contributed by atoms with Crippen LogP contribution in [0, 0.1) is 11.6 Å². The Morgan fingerprint density at radius 1 is 1.30 bits per heavy atom. The molecule has 0 amide bonds. The zero-order valence-electron chi connectivity index (χ0n) is 12.5. The van der Waals surface area contributed by atoms with Gasteiger partial charge in [0.1, 0.15) is 11.6 Å². The first-order chi connectivity index (χ1) is 11.1. The maximum absolute atomic E-state index is 14.1. The van der Waals surface area contributed by atoms with Crippen molar-refractivity contribution >= 4 is 0 Å². The molecule has 1 saturated heterocycles. The Bertz CT molecular complexity index is 717. The van der Waals surface area contributed by atoms with Crippen molar-refractivity contribution in [3.05, 3.63) is 47.1 Å². The minimum atomic E-state index is -0.586. The average Bonchev–Trinajstić information content (AvgIpc) is 3.16. The summed E-state index contributed by atoms with van der Waals surface area (Å²) >= 11 is 0. The van der Waals surface area contributed by atoms with Gasteiger partial charge in [-0.3, -0.25) is 4.90 Å². The Morgan fingerprint density at radius 3 is 2.91 bits per heavy atom. The summed E-state index contributed by atoms with van der Waals surface area (Å²) in [6.07, 6.45) is 1.91. The van der Waals surface area contributed by atoms with E-state index < -0.39 is 23.8 Å². The van der Waals surface area contributed by atoms with E-state index in [-0.39, 0.29) is 5.56 Å². The van der Waals surface area contributed by atoms with Gasteiger partial charge in [-0.05, 0) is 37.5 Å². The van der Waals surface area contributed by atoms with Crippen molar-refractivity contribution in [1.29, 1.82) is 0 Å².